The van der Waals surface area contributed by atoms with Gasteiger partial charge < -0.3 is 0 Å². The van der Waals surface area contributed by atoms with E-state index >= 15 is 0 Å². The molecule has 0 spiro atoms. The average Bonchev–Trinajstić information content (AvgIpc) is 3.03. The normalized spacial score (nSPS) is 18.5. The van der Waals surface area contributed by atoms with Gasteiger partial charge in [0, 0.05) is 6.42 Å². The summed E-state index contributed by atoms with van der Waals surface area (Å²) in [4.78, 5) is 12.4. The minimum absolute atomic E-state index is 0.0485. The highest BCUT2D eigenvalue weighted by atomic mass is 32.1. The highest BCUT2D eigenvalue weighted by Crippen LogP contribution is 2.41. The predicted molar refractivity (Wildman–Crippen MR) is 119 cm³/mol. The van der Waals surface area contributed by atoms with Crippen molar-refractivity contribution in [3.8, 4) is 0 Å². The van der Waals surface area contributed by atoms with Crippen molar-refractivity contribution < 1.29 is 4.79 Å². The Morgan fingerprint density at radius 2 is 2.00 bits per heavy atom. The van der Waals surface area contributed by atoms with Crippen LogP contribution in [-0.2, 0) is 4.79 Å². The molecule has 28 heavy (non-hydrogen) atoms. The molecule has 0 amide bonds. The molecule has 0 bridgehead atoms. The number of allylic oxidation sites excluding steroid dienone is 9. The molecular formula is C23H31N3OS. The average molecular weight is 398 g/mol. The Hall–Kier alpha value is -2.27. The second-order valence-corrected chi connectivity index (χ2v) is 8.37. The van der Waals surface area contributed by atoms with Crippen LogP contribution in [0.2, 0.25) is 0 Å². The van der Waals surface area contributed by atoms with Crippen LogP contribution in [0.25, 0.3) is 6.08 Å². The third kappa shape index (κ3) is 5.86. The van der Waals surface area contributed by atoms with E-state index in [4.69, 9.17) is 12.2 Å². The lowest BCUT2D eigenvalue weighted by Crippen LogP contribution is -2.23. The number of nitrogens with zero attached hydrogens (tertiary/aromatic N) is 1. The number of hydrogen-bond donors (Lipinski definition) is 2. The minimum Gasteiger partial charge on any atom is -0.295 e. The summed E-state index contributed by atoms with van der Waals surface area (Å²) in [5.74, 6) is 0.284. The largest absolute Gasteiger partial charge is 0.295 e. The van der Waals surface area contributed by atoms with Gasteiger partial charge in [-0.1, -0.05) is 68.9 Å². The highest BCUT2D eigenvalue weighted by molar-refractivity contribution is 7.71. The molecular weight excluding hydrogens is 366 g/mol. The van der Waals surface area contributed by atoms with E-state index < -0.39 is 0 Å². The Kier molecular flexibility index (Phi) is 7.69. The summed E-state index contributed by atoms with van der Waals surface area (Å²) in [6, 6.07) is 0. The van der Waals surface area contributed by atoms with Gasteiger partial charge in [0.25, 0.3) is 0 Å². The van der Waals surface area contributed by atoms with Crippen LogP contribution in [0.1, 0.15) is 66.0 Å². The zero-order valence-corrected chi connectivity index (χ0v) is 18.4. The van der Waals surface area contributed by atoms with Crippen molar-refractivity contribution in [2.24, 2.45) is 5.41 Å². The molecule has 1 aliphatic rings. The number of aromatic amines is 2. The lowest BCUT2D eigenvalue weighted by Gasteiger charge is -2.33. The van der Waals surface area contributed by atoms with E-state index in [1.165, 1.54) is 5.57 Å². The van der Waals surface area contributed by atoms with Gasteiger partial charge in [-0.3, -0.25) is 9.89 Å². The smallest absolute Gasteiger partial charge is 0.158 e. The molecule has 0 saturated heterocycles. The maximum atomic E-state index is 12.4. The molecule has 5 heteroatoms. The van der Waals surface area contributed by atoms with Crippen molar-refractivity contribution in [3.63, 3.8) is 0 Å². The van der Waals surface area contributed by atoms with Crippen LogP contribution in [0.4, 0.5) is 0 Å². The maximum Gasteiger partial charge on any atom is 0.158 e. The molecule has 1 aromatic heterocycles. The summed E-state index contributed by atoms with van der Waals surface area (Å²) in [6.45, 7) is 10.5. The number of H-pyrrole nitrogens is 2. The molecule has 0 radical (unpaired) electrons. The molecule has 0 aliphatic heterocycles. The van der Waals surface area contributed by atoms with Crippen LogP contribution in [-0.4, -0.2) is 21.2 Å². The molecule has 4 nitrogen and oxygen atoms in total. The Morgan fingerprint density at radius 3 is 2.64 bits per heavy atom. The maximum absolute atomic E-state index is 12.4. The SMILES string of the molecule is CCC(=O)C1=C(/C=C/C(C)=C/C=C/C(C)=C/c2n[nH][nH]c2=S)C(C)(C)CCC1. The van der Waals surface area contributed by atoms with Gasteiger partial charge in [0.2, 0.25) is 0 Å². The van der Waals surface area contributed by atoms with Crippen molar-refractivity contribution in [1.29, 1.82) is 0 Å². The van der Waals surface area contributed by atoms with E-state index in [1.54, 1.807) is 0 Å². The molecule has 0 atom stereocenters. The number of carbonyl (C=O) groups is 1. The summed E-state index contributed by atoms with van der Waals surface area (Å²) in [6.07, 6.45) is 16.0. The van der Waals surface area contributed by atoms with E-state index in [9.17, 15) is 4.79 Å². The van der Waals surface area contributed by atoms with Crippen molar-refractivity contribution in [3.05, 3.63) is 63.0 Å². The molecule has 150 valence electrons. The molecule has 1 aliphatic carbocycles. The van der Waals surface area contributed by atoms with Crippen LogP contribution in [0.5, 0.6) is 0 Å². The summed E-state index contributed by atoms with van der Waals surface area (Å²) in [5, 5.41) is 9.50. The van der Waals surface area contributed by atoms with Gasteiger partial charge in [-0.25, -0.2) is 5.21 Å². The summed E-state index contributed by atoms with van der Waals surface area (Å²) in [7, 11) is 0. The van der Waals surface area contributed by atoms with Crippen LogP contribution >= 0.6 is 12.2 Å². The van der Waals surface area contributed by atoms with Gasteiger partial charge in [0.15, 0.2) is 5.78 Å². The number of hydrogen-bond acceptors (Lipinski definition) is 3. The van der Waals surface area contributed by atoms with Crippen LogP contribution in [0.15, 0.2) is 52.7 Å². The van der Waals surface area contributed by atoms with Crippen molar-refractivity contribution >= 4 is 24.1 Å². The van der Waals surface area contributed by atoms with Crippen molar-refractivity contribution in [2.45, 2.75) is 60.3 Å². The molecule has 0 aromatic carbocycles. The Labute approximate surface area is 173 Å². The lowest BCUT2D eigenvalue weighted by atomic mass is 9.71. The van der Waals surface area contributed by atoms with Gasteiger partial charge in [0.05, 0.1) is 0 Å². The van der Waals surface area contributed by atoms with Gasteiger partial charge in [-0.2, -0.15) is 5.10 Å². The first-order valence-corrected chi connectivity index (χ1v) is 10.3. The first-order chi connectivity index (χ1) is 13.2. The first-order valence-electron chi connectivity index (χ1n) is 9.86. The van der Waals surface area contributed by atoms with Crippen LogP contribution in [0.3, 0.4) is 0 Å². The highest BCUT2D eigenvalue weighted by Gasteiger charge is 2.30. The number of rotatable bonds is 7. The fraction of sp³-hybridized carbons (Fsp3) is 0.435. The third-order valence-corrected chi connectivity index (χ3v) is 5.43. The molecule has 0 unspecified atom stereocenters. The number of nitrogens with one attached hydrogen (secondary N) is 2. The van der Waals surface area contributed by atoms with Gasteiger partial charge in [0.1, 0.15) is 10.3 Å². The zero-order chi connectivity index (χ0) is 20.7. The quantitative estimate of drug-likeness (QED) is 0.412. The fourth-order valence-electron chi connectivity index (χ4n) is 3.45. The summed E-state index contributed by atoms with van der Waals surface area (Å²) < 4.78 is 0.600. The molecule has 2 rings (SSSR count). The minimum atomic E-state index is 0.0485. The Balaban J connectivity index is 2.16. The monoisotopic (exact) mass is 397 g/mol. The Morgan fingerprint density at radius 1 is 1.25 bits per heavy atom. The van der Waals surface area contributed by atoms with Crippen molar-refractivity contribution in [1.82, 2.24) is 15.4 Å². The second kappa shape index (κ2) is 9.78. The molecule has 0 fully saturated rings. The molecule has 1 heterocycles. The standard InChI is InChI=1S/C23H31N3OS/c1-6-21(27)18-11-8-14-23(4,5)19(18)13-12-16(2)9-7-10-17(3)15-20-22(28)25-26-24-20/h7,9-10,12-13,15H,6,8,11,14H2,1-5H3,(H2,24,25,26,28)/b10-7+,13-12+,16-9+,17-15+. The van der Waals surface area contributed by atoms with Crippen molar-refractivity contribution in [2.75, 3.05) is 0 Å². The fourth-order valence-corrected chi connectivity index (χ4v) is 3.60. The van der Waals surface area contributed by atoms with Gasteiger partial charge >= 0.3 is 0 Å². The molecule has 0 saturated carbocycles. The lowest BCUT2D eigenvalue weighted by molar-refractivity contribution is -0.115. The number of Topliss-reactive ketones (excluding diaryl/α,β-unsaturated/α-hetero) is 1. The van der Waals surface area contributed by atoms with E-state index in [0.29, 0.717) is 11.1 Å². The predicted octanol–water partition coefficient (Wildman–Crippen LogP) is 6.42. The van der Waals surface area contributed by atoms with Crippen LogP contribution in [0, 0.1) is 10.1 Å². The van der Waals surface area contributed by atoms with Gasteiger partial charge in [-0.15, -0.1) is 0 Å². The van der Waals surface area contributed by atoms with E-state index in [-0.39, 0.29) is 11.2 Å². The third-order valence-electron chi connectivity index (χ3n) is 5.11. The molecule has 2 N–H and O–H groups in total. The number of carbonyl (C=O) groups excluding carboxylic acids is 1. The number of ketones is 1. The van der Waals surface area contributed by atoms with E-state index in [1.807, 2.05) is 32.1 Å². The van der Waals surface area contributed by atoms with Gasteiger partial charge in [-0.05, 0) is 61.3 Å². The Bertz CT molecular complexity index is 920. The zero-order valence-electron chi connectivity index (χ0n) is 17.6. The number of aromatic nitrogens is 3. The van der Waals surface area contributed by atoms with Crippen LogP contribution < -0.4 is 0 Å². The van der Waals surface area contributed by atoms with E-state index in [2.05, 4.69) is 54.4 Å². The molecule has 1 aromatic rings. The summed E-state index contributed by atoms with van der Waals surface area (Å²) in [5.41, 5.74) is 5.20. The second-order valence-electron chi connectivity index (χ2n) is 7.96. The van der Waals surface area contributed by atoms with E-state index in [0.717, 1.165) is 41.7 Å². The first kappa shape index (κ1) is 22.0. The topological polar surface area (TPSA) is 61.5 Å². The summed E-state index contributed by atoms with van der Waals surface area (Å²) >= 11 is 5.14.